The third kappa shape index (κ3) is 3.97. The van der Waals surface area contributed by atoms with Crippen molar-refractivity contribution < 1.29 is 9.53 Å². The highest BCUT2D eigenvalue weighted by Gasteiger charge is 2.30. The van der Waals surface area contributed by atoms with E-state index in [2.05, 4.69) is 6.07 Å². The number of nitrogens with two attached hydrogens (primary N) is 1. The summed E-state index contributed by atoms with van der Waals surface area (Å²) in [6, 6.07) is 8.17. The minimum atomic E-state index is -0.768. The van der Waals surface area contributed by atoms with E-state index in [1.165, 1.54) is 5.56 Å². The Labute approximate surface area is 127 Å². The van der Waals surface area contributed by atoms with Crippen molar-refractivity contribution in [3.8, 4) is 5.75 Å². The van der Waals surface area contributed by atoms with Gasteiger partial charge < -0.3 is 15.4 Å². The molecular formula is C17H26N2O2. The lowest BCUT2D eigenvalue weighted by Gasteiger charge is -2.35. The second kappa shape index (κ2) is 6.48. The molecule has 2 N–H and O–H groups in total. The van der Waals surface area contributed by atoms with E-state index < -0.39 is 5.54 Å². The lowest BCUT2D eigenvalue weighted by atomic mass is 9.89. The van der Waals surface area contributed by atoms with Gasteiger partial charge in [-0.2, -0.15) is 0 Å². The highest BCUT2D eigenvalue weighted by Crippen LogP contribution is 2.27. The van der Waals surface area contributed by atoms with Crippen molar-refractivity contribution in [1.29, 1.82) is 0 Å². The molecule has 1 fully saturated rings. The van der Waals surface area contributed by atoms with Gasteiger partial charge in [-0.25, -0.2) is 0 Å². The number of piperidine rings is 1. The van der Waals surface area contributed by atoms with Crippen molar-refractivity contribution in [1.82, 2.24) is 4.90 Å². The van der Waals surface area contributed by atoms with Crippen molar-refractivity contribution >= 4 is 5.91 Å². The lowest BCUT2D eigenvalue weighted by Crippen LogP contribution is -2.53. The molecule has 1 aromatic rings. The number of benzene rings is 1. The third-order valence-electron chi connectivity index (χ3n) is 4.15. The smallest absolute Gasteiger partial charge is 0.242 e. The number of amides is 1. The monoisotopic (exact) mass is 290 g/mol. The Morgan fingerprint density at radius 3 is 2.52 bits per heavy atom. The van der Waals surface area contributed by atoms with Crippen LogP contribution < -0.4 is 10.5 Å². The van der Waals surface area contributed by atoms with Crippen LogP contribution in [0.5, 0.6) is 5.75 Å². The first-order valence-corrected chi connectivity index (χ1v) is 7.62. The highest BCUT2D eigenvalue weighted by molar-refractivity contribution is 5.85. The average molecular weight is 290 g/mol. The molecule has 1 saturated heterocycles. The van der Waals surface area contributed by atoms with Crippen molar-refractivity contribution in [2.45, 2.75) is 38.6 Å². The van der Waals surface area contributed by atoms with E-state index in [4.69, 9.17) is 10.5 Å². The summed E-state index contributed by atoms with van der Waals surface area (Å²) in [6.45, 7) is 5.16. The molecule has 1 aliphatic rings. The Morgan fingerprint density at radius 2 is 1.95 bits per heavy atom. The van der Waals surface area contributed by atoms with E-state index in [-0.39, 0.29) is 5.91 Å². The summed E-state index contributed by atoms with van der Waals surface area (Å²) < 4.78 is 5.41. The molecule has 1 heterocycles. The van der Waals surface area contributed by atoms with E-state index in [1.807, 2.05) is 23.1 Å². The van der Waals surface area contributed by atoms with E-state index in [9.17, 15) is 4.79 Å². The zero-order valence-corrected chi connectivity index (χ0v) is 13.3. The molecule has 1 aliphatic heterocycles. The largest absolute Gasteiger partial charge is 0.496 e. The fourth-order valence-electron chi connectivity index (χ4n) is 2.93. The molecule has 4 heteroatoms. The van der Waals surface area contributed by atoms with Gasteiger partial charge in [-0.3, -0.25) is 4.79 Å². The number of methoxy groups -OCH3 is 1. The van der Waals surface area contributed by atoms with Gasteiger partial charge in [0.25, 0.3) is 0 Å². The molecule has 0 spiro atoms. The van der Waals surface area contributed by atoms with Gasteiger partial charge in [0.2, 0.25) is 5.91 Å². The molecule has 0 atom stereocenters. The highest BCUT2D eigenvalue weighted by atomic mass is 16.5. The number of likely N-dealkylation sites (tertiary alicyclic amines) is 1. The standard InChI is InChI=1S/C17H26N2O2/c1-17(2,18)16(20)19-10-8-13(9-11-19)12-14-6-4-5-7-15(14)21-3/h4-7,13H,8-12,18H2,1-3H3. The number of carbonyl (C=O) groups is 1. The minimum absolute atomic E-state index is 0.0539. The van der Waals surface area contributed by atoms with Crippen LogP contribution in [-0.2, 0) is 11.2 Å². The summed E-state index contributed by atoms with van der Waals surface area (Å²) in [4.78, 5) is 14.1. The van der Waals surface area contributed by atoms with Gasteiger partial charge in [-0.05, 0) is 50.7 Å². The second-order valence-electron chi connectivity index (χ2n) is 6.47. The number of hydrogen-bond acceptors (Lipinski definition) is 3. The molecule has 21 heavy (non-hydrogen) atoms. The maximum absolute atomic E-state index is 12.2. The van der Waals surface area contributed by atoms with Crippen LogP contribution in [0.1, 0.15) is 32.3 Å². The van der Waals surface area contributed by atoms with Gasteiger partial charge in [-0.1, -0.05) is 18.2 Å². The van der Waals surface area contributed by atoms with E-state index in [0.29, 0.717) is 5.92 Å². The van der Waals surface area contributed by atoms with Crippen LogP contribution >= 0.6 is 0 Å². The van der Waals surface area contributed by atoms with E-state index >= 15 is 0 Å². The molecule has 116 valence electrons. The molecule has 0 aromatic heterocycles. The Morgan fingerprint density at radius 1 is 1.33 bits per heavy atom. The Bertz CT molecular complexity index is 486. The summed E-state index contributed by atoms with van der Waals surface area (Å²) in [5, 5.41) is 0. The van der Waals surface area contributed by atoms with Gasteiger partial charge >= 0.3 is 0 Å². The number of ether oxygens (including phenoxy) is 1. The maximum Gasteiger partial charge on any atom is 0.242 e. The number of para-hydroxylation sites is 1. The van der Waals surface area contributed by atoms with Gasteiger partial charge in [-0.15, -0.1) is 0 Å². The van der Waals surface area contributed by atoms with Crippen molar-refractivity contribution in [3.63, 3.8) is 0 Å². The molecule has 0 radical (unpaired) electrons. The predicted octanol–water partition coefficient (Wildman–Crippen LogP) is 2.21. The lowest BCUT2D eigenvalue weighted by molar-refractivity contribution is -0.137. The summed E-state index contributed by atoms with van der Waals surface area (Å²) in [5.74, 6) is 1.61. The van der Waals surface area contributed by atoms with Crippen LogP contribution in [-0.4, -0.2) is 36.5 Å². The van der Waals surface area contributed by atoms with E-state index in [1.54, 1.807) is 21.0 Å². The number of nitrogens with zero attached hydrogens (tertiary/aromatic N) is 1. The first-order chi connectivity index (χ1) is 9.91. The van der Waals surface area contributed by atoms with Crippen LogP contribution in [0.2, 0.25) is 0 Å². The van der Waals surface area contributed by atoms with Crippen molar-refractivity contribution in [2.24, 2.45) is 11.7 Å². The second-order valence-corrected chi connectivity index (χ2v) is 6.47. The molecule has 0 bridgehead atoms. The summed E-state index contributed by atoms with van der Waals surface area (Å²) in [7, 11) is 1.71. The molecule has 1 amide bonds. The summed E-state index contributed by atoms with van der Waals surface area (Å²) >= 11 is 0. The van der Waals surface area contributed by atoms with Gasteiger partial charge in [0.15, 0.2) is 0 Å². The molecule has 2 rings (SSSR count). The Kier molecular flexibility index (Phi) is 4.88. The fraction of sp³-hybridized carbons (Fsp3) is 0.588. The number of carbonyl (C=O) groups excluding carboxylic acids is 1. The number of hydrogen-bond donors (Lipinski definition) is 1. The van der Waals surface area contributed by atoms with Crippen LogP contribution in [0.3, 0.4) is 0 Å². The quantitative estimate of drug-likeness (QED) is 0.925. The molecule has 0 aliphatic carbocycles. The van der Waals surface area contributed by atoms with Crippen LogP contribution in [0.4, 0.5) is 0 Å². The van der Waals surface area contributed by atoms with Crippen molar-refractivity contribution in [2.75, 3.05) is 20.2 Å². The number of rotatable bonds is 4. The normalized spacial score (nSPS) is 16.9. The van der Waals surface area contributed by atoms with Crippen LogP contribution in [0.25, 0.3) is 0 Å². The minimum Gasteiger partial charge on any atom is -0.496 e. The SMILES string of the molecule is COc1ccccc1CC1CCN(C(=O)C(C)(C)N)CC1. The predicted molar refractivity (Wildman–Crippen MR) is 84.3 cm³/mol. The maximum atomic E-state index is 12.2. The van der Waals surface area contributed by atoms with Gasteiger partial charge in [0, 0.05) is 13.1 Å². The molecule has 0 saturated carbocycles. The fourth-order valence-corrected chi connectivity index (χ4v) is 2.93. The molecule has 1 aromatic carbocycles. The molecular weight excluding hydrogens is 264 g/mol. The van der Waals surface area contributed by atoms with Crippen molar-refractivity contribution in [3.05, 3.63) is 29.8 Å². The molecule has 0 unspecified atom stereocenters. The van der Waals surface area contributed by atoms with Crippen LogP contribution in [0, 0.1) is 5.92 Å². The summed E-state index contributed by atoms with van der Waals surface area (Å²) in [6.07, 6.45) is 3.07. The third-order valence-corrected chi connectivity index (χ3v) is 4.15. The summed E-state index contributed by atoms with van der Waals surface area (Å²) in [5.41, 5.74) is 6.38. The first kappa shape index (κ1) is 15.8. The Balaban J connectivity index is 1.91. The van der Waals surface area contributed by atoms with Crippen LogP contribution in [0.15, 0.2) is 24.3 Å². The zero-order valence-electron chi connectivity index (χ0n) is 13.3. The zero-order chi connectivity index (χ0) is 15.5. The van der Waals surface area contributed by atoms with Gasteiger partial charge in [0.1, 0.15) is 5.75 Å². The van der Waals surface area contributed by atoms with Gasteiger partial charge in [0.05, 0.1) is 12.6 Å². The molecule has 4 nitrogen and oxygen atoms in total. The van der Waals surface area contributed by atoms with E-state index in [0.717, 1.165) is 38.1 Å². The topological polar surface area (TPSA) is 55.6 Å². The Hall–Kier alpha value is -1.55. The average Bonchev–Trinajstić information content (AvgIpc) is 2.47. The first-order valence-electron chi connectivity index (χ1n) is 7.62.